The average molecular weight is 458 g/mol. The summed E-state index contributed by atoms with van der Waals surface area (Å²) in [6.07, 6.45) is 0.589. The number of hydrogen-bond donors (Lipinski definition) is 2. The molecule has 3 aromatic rings. The fourth-order valence-corrected chi connectivity index (χ4v) is 4.34. The van der Waals surface area contributed by atoms with Gasteiger partial charge in [0.25, 0.3) is 5.91 Å². The lowest BCUT2D eigenvalue weighted by molar-refractivity contribution is -0.118. The molecule has 2 unspecified atom stereocenters. The van der Waals surface area contributed by atoms with Crippen LogP contribution in [-0.4, -0.2) is 43.2 Å². The van der Waals surface area contributed by atoms with Crippen molar-refractivity contribution in [2.45, 2.75) is 38.5 Å². The van der Waals surface area contributed by atoms with E-state index >= 15 is 0 Å². The first kappa shape index (κ1) is 23.5. The van der Waals surface area contributed by atoms with Crippen molar-refractivity contribution in [2.75, 3.05) is 23.3 Å². The van der Waals surface area contributed by atoms with Crippen molar-refractivity contribution in [3.8, 4) is 0 Å². The summed E-state index contributed by atoms with van der Waals surface area (Å²) in [6, 6.07) is 25.7. The van der Waals surface area contributed by atoms with E-state index in [9.17, 15) is 9.59 Å². The minimum absolute atomic E-state index is 0.100. The molecule has 0 bridgehead atoms. The Labute approximate surface area is 200 Å². The summed E-state index contributed by atoms with van der Waals surface area (Å²) in [5.74, 6) is -0.532. The molecule has 0 aliphatic carbocycles. The molecule has 0 radical (unpaired) electrons. The molecular formula is C28H31N3O3. The molecule has 1 fully saturated rings. The van der Waals surface area contributed by atoms with Crippen LogP contribution in [0.2, 0.25) is 0 Å². The van der Waals surface area contributed by atoms with E-state index in [1.54, 1.807) is 12.1 Å². The number of morpholine rings is 1. The van der Waals surface area contributed by atoms with E-state index in [1.165, 1.54) is 0 Å². The zero-order valence-corrected chi connectivity index (χ0v) is 19.6. The van der Waals surface area contributed by atoms with Crippen LogP contribution in [0.1, 0.15) is 29.8 Å². The van der Waals surface area contributed by atoms with E-state index < -0.39 is 6.04 Å². The molecule has 0 saturated carbocycles. The smallest absolute Gasteiger partial charge is 0.251 e. The van der Waals surface area contributed by atoms with Crippen LogP contribution in [0.4, 0.5) is 11.4 Å². The number of anilines is 2. The first-order chi connectivity index (χ1) is 16.5. The molecule has 176 valence electrons. The van der Waals surface area contributed by atoms with Gasteiger partial charge in [0.1, 0.15) is 6.04 Å². The molecule has 2 amide bonds. The highest BCUT2D eigenvalue weighted by molar-refractivity contribution is 6.02. The summed E-state index contributed by atoms with van der Waals surface area (Å²) in [6.45, 7) is 5.60. The third kappa shape index (κ3) is 6.02. The van der Waals surface area contributed by atoms with Crippen LogP contribution < -0.4 is 15.5 Å². The summed E-state index contributed by atoms with van der Waals surface area (Å²) < 4.78 is 5.87. The molecule has 1 aliphatic rings. The number of nitrogens with one attached hydrogen (secondary N) is 2. The normalized spacial score (nSPS) is 18.7. The van der Waals surface area contributed by atoms with Crippen molar-refractivity contribution in [3.63, 3.8) is 0 Å². The van der Waals surface area contributed by atoms with E-state index in [0.29, 0.717) is 12.0 Å². The van der Waals surface area contributed by atoms with Crippen molar-refractivity contribution in [1.82, 2.24) is 5.32 Å². The van der Waals surface area contributed by atoms with Crippen LogP contribution in [0, 0.1) is 0 Å². The minimum atomic E-state index is -0.731. The molecule has 1 aliphatic heterocycles. The van der Waals surface area contributed by atoms with Gasteiger partial charge in [-0.3, -0.25) is 9.59 Å². The highest BCUT2D eigenvalue weighted by Gasteiger charge is 2.26. The molecule has 0 spiro atoms. The molecule has 4 rings (SSSR count). The fraction of sp³-hybridized carbons (Fsp3) is 0.286. The number of carbonyl (C=O) groups excluding carboxylic acids is 2. The molecule has 1 saturated heterocycles. The third-order valence-electron chi connectivity index (χ3n) is 5.86. The Kier molecular flexibility index (Phi) is 7.60. The Morgan fingerprint density at radius 3 is 2.15 bits per heavy atom. The summed E-state index contributed by atoms with van der Waals surface area (Å²) in [5.41, 5.74) is 3.16. The Morgan fingerprint density at radius 2 is 1.47 bits per heavy atom. The maximum atomic E-state index is 13.5. The Balaban J connectivity index is 1.55. The van der Waals surface area contributed by atoms with Crippen molar-refractivity contribution in [3.05, 3.63) is 96.1 Å². The van der Waals surface area contributed by atoms with Gasteiger partial charge in [0.2, 0.25) is 5.91 Å². The minimum Gasteiger partial charge on any atom is -0.372 e. The Morgan fingerprint density at radius 1 is 0.882 bits per heavy atom. The molecule has 3 aromatic carbocycles. The quantitative estimate of drug-likeness (QED) is 0.556. The van der Waals surface area contributed by atoms with Gasteiger partial charge in [-0.2, -0.15) is 0 Å². The van der Waals surface area contributed by atoms with Crippen LogP contribution in [0.25, 0.3) is 0 Å². The van der Waals surface area contributed by atoms with Crippen LogP contribution in [-0.2, 0) is 16.0 Å². The maximum absolute atomic E-state index is 13.5. The van der Waals surface area contributed by atoms with Gasteiger partial charge in [-0.1, -0.05) is 60.7 Å². The summed E-state index contributed by atoms with van der Waals surface area (Å²) in [5, 5.41) is 6.01. The zero-order chi connectivity index (χ0) is 23.9. The molecule has 3 atom stereocenters. The Bertz CT molecular complexity index is 1090. The van der Waals surface area contributed by atoms with Crippen molar-refractivity contribution < 1.29 is 14.3 Å². The number of ether oxygens (including phenoxy) is 1. The topological polar surface area (TPSA) is 70.7 Å². The monoisotopic (exact) mass is 457 g/mol. The maximum Gasteiger partial charge on any atom is 0.251 e. The number of rotatable bonds is 7. The first-order valence-corrected chi connectivity index (χ1v) is 11.7. The van der Waals surface area contributed by atoms with Crippen LogP contribution in [0.15, 0.2) is 84.9 Å². The molecule has 0 aromatic heterocycles. The predicted molar refractivity (Wildman–Crippen MR) is 135 cm³/mol. The standard InChI is InChI=1S/C28H31N3O3/c1-20-18-31(19-21(2)34-20)26-16-10-9-15-24(26)29-28(33)25(17-22-11-5-3-6-12-22)30-27(32)23-13-7-4-8-14-23/h3-16,20-21,25H,17-19H2,1-2H3,(H,29,33)(H,30,32)/t20-,21?,25?/m0/s1. The number of para-hydroxylation sites is 2. The van der Waals surface area contributed by atoms with Gasteiger partial charge < -0.3 is 20.3 Å². The largest absolute Gasteiger partial charge is 0.372 e. The van der Waals surface area contributed by atoms with E-state index in [-0.39, 0.29) is 24.0 Å². The molecule has 6 nitrogen and oxygen atoms in total. The highest BCUT2D eigenvalue weighted by Crippen LogP contribution is 2.28. The van der Waals surface area contributed by atoms with E-state index in [4.69, 9.17) is 4.74 Å². The van der Waals surface area contributed by atoms with E-state index in [2.05, 4.69) is 29.4 Å². The number of nitrogens with zero attached hydrogens (tertiary/aromatic N) is 1. The lowest BCUT2D eigenvalue weighted by Gasteiger charge is -2.37. The predicted octanol–water partition coefficient (Wildman–Crippen LogP) is 4.28. The lowest BCUT2D eigenvalue weighted by Crippen LogP contribution is -2.47. The van der Waals surface area contributed by atoms with Crippen molar-refractivity contribution in [1.29, 1.82) is 0 Å². The number of benzene rings is 3. The molecular weight excluding hydrogens is 426 g/mol. The average Bonchev–Trinajstić information content (AvgIpc) is 2.84. The van der Waals surface area contributed by atoms with Crippen molar-refractivity contribution >= 4 is 23.2 Å². The van der Waals surface area contributed by atoms with E-state index in [1.807, 2.05) is 72.8 Å². The van der Waals surface area contributed by atoms with Gasteiger partial charge in [0, 0.05) is 25.1 Å². The first-order valence-electron chi connectivity index (χ1n) is 11.7. The molecule has 6 heteroatoms. The van der Waals surface area contributed by atoms with Gasteiger partial charge >= 0.3 is 0 Å². The second kappa shape index (κ2) is 11.0. The van der Waals surface area contributed by atoms with Crippen LogP contribution in [0.3, 0.4) is 0 Å². The summed E-state index contributed by atoms with van der Waals surface area (Å²) in [7, 11) is 0. The molecule has 34 heavy (non-hydrogen) atoms. The van der Waals surface area contributed by atoms with Crippen molar-refractivity contribution in [2.24, 2.45) is 0 Å². The van der Waals surface area contributed by atoms with Gasteiger partial charge in [-0.15, -0.1) is 0 Å². The fourth-order valence-electron chi connectivity index (χ4n) is 4.34. The lowest BCUT2D eigenvalue weighted by atomic mass is 10.0. The summed E-state index contributed by atoms with van der Waals surface area (Å²) >= 11 is 0. The third-order valence-corrected chi connectivity index (χ3v) is 5.86. The van der Waals surface area contributed by atoms with Crippen LogP contribution >= 0.6 is 0 Å². The molecule has 1 heterocycles. The second-order valence-electron chi connectivity index (χ2n) is 8.75. The summed E-state index contributed by atoms with van der Waals surface area (Å²) in [4.78, 5) is 28.6. The van der Waals surface area contributed by atoms with Gasteiger partial charge in [0.15, 0.2) is 0 Å². The SMILES string of the molecule is CC1CN(c2ccccc2NC(=O)C(Cc2ccccc2)NC(=O)c2ccccc2)C[C@H](C)O1. The van der Waals surface area contributed by atoms with Gasteiger partial charge in [-0.25, -0.2) is 0 Å². The molecule has 2 N–H and O–H groups in total. The second-order valence-corrected chi connectivity index (χ2v) is 8.75. The number of hydrogen-bond acceptors (Lipinski definition) is 4. The number of amides is 2. The van der Waals surface area contributed by atoms with E-state index in [0.717, 1.165) is 30.0 Å². The number of carbonyl (C=O) groups is 2. The zero-order valence-electron chi connectivity index (χ0n) is 19.6. The van der Waals surface area contributed by atoms with Gasteiger partial charge in [0.05, 0.1) is 23.6 Å². The Hall–Kier alpha value is -3.64. The highest BCUT2D eigenvalue weighted by atomic mass is 16.5. The van der Waals surface area contributed by atoms with Crippen LogP contribution in [0.5, 0.6) is 0 Å². The van der Waals surface area contributed by atoms with Gasteiger partial charge in [-0.05, 0) is 43.7 Å².